The van der Waals surface area contributed by atoms with Gasteiger partial charge in [-0.15, -0.1) is 0 Å². The highest BCUT2D eigenvalue weighted by Gasteiger charge is 2.19. The lowest BCUT2D eigenvalue weighted by atomic mass is 9.78. The first-order valence-electron chi connectivity index (χ1n) is 6.71. The molecule has 1 rings (SSSR count). The van der Waals surface area contributed by atoms with Gasteiger partial charge in [-0.25, -0.2) is 0 Å². The molecule has 84 valence electrons. The Morgan fingerprint density at radius 2 is 1.73 bits per heavy atom. The topological polar surface area (TPSA) is 0 Å². The first-order chi connectivity index (χ1) is 7.36. The van der Waals surface area contributed by atoms with E-state index in [-0.39, 0.29) is 0 Å². The second-order valence-electron chi connectivity index (χ2n) is 4.93. The fourth-order valence-corrected chi connectivity index (χ4v) is 2.62. The maximum Gasteiger partial charge on any atom is 0.0653 e. The summed E-state index contributed by atoms with van der Waals surface area (Å²) in [5.41, 5.74) is 0. The van der Waals surface area contributed by atoms with Crippen LogP contribution in [-0.4, -0.2) is 7.85 Å². The highest BCUT2D eigenvalue weighted by Crippen LogP contribution is 2.33. The van der Waals surface area contributed by atoms with Crippen molar-refractivity contribution in [3.8, 4) is 0 Å². The second-order valence-corrected chi connectivity index (χ2v) is 4.93. The van der Waals surface area contributed by atoms with Gasteiger partial charge in [0.25, 0.3) is 0 Å². The quantitative estimate of drug-likeness (QED) is 0.441. The summed E-state index contributed by atoms with van der Waals surface area (Å²) in [6.45, 7) is 2.21. The minimum absolute atomic E-state index is 0.874. The van der Waals surface area contributed by atoms with Gasteiger partial charge < -0.3 is 0 Å². The third kappa shape index (κ3) is 5.44. The Hall–Kier alpha value is -0.195. The SMILES string of the molecule is [B]CCCC1CCC(C/C=C\CC)CC1. The molecular weight excluding hydrogens is 179 g/mol. The van der Waals surface area contributed by atoms with E-state index >= 15 is 0 Å². The van der Waals surface area contributed by atoms with Gasteiger partial charge in [0, 0.05) is 0 Å². The average molecular weight is 204 g/mol. The van der Waals surface area contributed by atoms with Crippen LogP contribution in [0.1, 0.15) is 58.3 Å². The lowest BCUT2D eigenvalue weighted by Gasteiger charge is -2.27. The van der Waals surface area contributed by atoms with Crippen molar-refractivity contribution in [1.82, 2.24) is 0 Å². The standard InChI is InChI=1S/C14H25B/c1-2-3-4-6-13-8-10-14(11-9-13)7-5-12-15/h3-4,13-14H,2,5-12H2,1H3/b4-3-. The van der Waals surface area contributed by atoms with E-state index in [0.717, 1.165) is 18.2 Å². The maximum absolute atomic E-state index is 5.54. The predicted molar refractivity (Wildman–Crippen MR) is 69.3 cm³/mol. The summed E-state index contributed by atoms with van der Waals surface area (Å²) in [6, 6.07) is 0. The lowest BCUT2D eigenvalue weighted by Crippen LogP contribution is -2.14. The summed E-state index contributed by atoms with van der Waals surface area (Å²) in [5.74, 6) is 1.96. The van der Waals surface area contributed by atoms with Crippen molar-refractivity contribution in [1.29, 1.82) is 0 Å². The third-order valence-corrected chi connectivity index (χ3v) is 3.65. The number of allylic oxidation sites excluding steroid dienone is 2. The molecule has 0 bridgehead atoms. The lowest BCUT2D eigenvalue weighted by molar-refractivity contribution is 0.263. The molecule has 0 heterocycles. The summed E-state index contributed by atoms with van der Waals surface area (Å²) in [5, 5.41) is 0. The van der Waals surface area contributed by atoms with Gasteiger partial charge in [0.15, 0.2) is 0 Å². The van der Waals surface area contributed by atoms with Gasteiger partial charge in [-0.3, -0.25) is 0 Å². The molecule has 0 nitrogen and oxygen atoms in total. The molecular formula is C14H25B. The molecule has 0 aromatic heterocycles. The van der Waals surface area contributed by atoms with E-state index < -0.39 is 0 Å². The molecule has 0 saturated heterocycles. The summed E-state index contributed by atoms with van der Waals surface area (Å²) >= 11 is 0. The molecule has 1 fully saturated rings. The first-order valence-corrected chi connectivity index (χ1v) is 6.71. The minimum Gasteiger partial charge on any atom is -0.0888 e. The van der Waals surface area contributed by atoms with Gasteiger partial charge in [0.05, 0.1) is 7.85 Å². The molecule has 0 atom stereocenters. The molecule has 0 aromatic rings. The molecule has 0 unspecified atom stereocenters. The normalized spacial score (nSPS) is 27.3. The molecule has 0 aliphatic heterocycles. The Balaban J connectivity index is 2.09. The fourth-order valence-electron chi connectivity index (χ4n) is 2.62. The summed E-state index contributed by atoms with van der Waals surface area (Å²) in [6.07, 6.45) is 16.5. The van der Waals surface area contributed by atoms with Crippen molar-refractivity contribution < 1.29 is 0 Å². The molecule has 0 spiro atoms. The van der Waals surface area contributed by atoms with Crippen LogP contribution in [0.5, 0.6) is 0 Å². The Labute approximate surface area is 96.9 Å². The third-order valence-electron chi connectivity index (χ3n) is 3.65. The van der Waals surface area contributed by atoms with Crippen molar-refractivity contribution in [3.63, 3.8) is 0 Å². The van der Waals surface area contributed by atoms with Crippen LogP contribution in [0.3, 0.4) is 0 Å². The Morgan fingerprint density at radius 3 is 2.33 bits per heavy atom. The minimum atomic E-state index is 0.874. The number of hydrogen-bond acceptors (Lipinski definition) is 0. The van der Waals surface area contributed by atoms with Crippen molar-refractivity contribution >= 4 is 7.85 Å². The van der Waals surface area contributed by atoms with Gasteiger partial charge in [-0.1, -0.05) is 51.1 Å². The Morgan fingerprint density at radius 1 is 1.07 bits per heavy atom. The zero-order valence-corrected chi connectivity index (χ0v) is 10.3. The number of hydrogen-bond donors (Lipinski definition) is 0. The second kappa shape index (κ2) is 8.02. The zero-order valence-electron chi connectivity index (χ0n) is 10.3. The zero-order chi connectivity index (χ0) is 10.9. The van der Waals surface area contributed by atoms with Crippen LogP contribution in [0.4, 0.5) is 0 Å². The molecule has 0 amide bonds. The molecule has 0 N–H and O–H groups in total. The van der Waals surface area contributed by atoms with Crippen molar-refractivity contribution in [2.75, 3.05) is 0 Å². The van der Waals surface area contributed by atoms with E-state index in [9.17, 15) is 0 Å². The summed E-state index contributed by atoms with van der Waals surface area (Å²) in [7, 11) is 5.54. The molecule has 1 heteroatoms. The molecule has 0 aromatic carbocycles. The van der Waals surface area contributed by atoms with E-state index in [4.69, 9.17) is 7.85 Å². The highest BCUT2D eigenvalue weighted by molar-refractivity contribution is 6.08. The van der Waals surface area contributed by atoms with Crippen LogP contribution in [-0.2, 0) is 0 Å². The molecule has 15 heavy (non-hydrogen) atoms. The van der Waals surface area contributed by atoms with E-state index in [0.29, 0.717) is 0 Å². The van der Waals surface area contributed by atoms with Crippen LogP contribution in [0.25, 0.3) is 0 Å². The highest BCUT2D eigenvalue weighted by atomic mass is 14.2. The van der Waals surface area contributed by atoms with Crippen LogP contribution < -0.4 is 0 Å². The van der Waals surface area contributed by atoms with Crippen LogP contribution >= 0.6 is 0 Å². The predicted octanol–water partition coefficient (Wildman–Crippen LogP) is 4.52. The van der Waals surface area contributed by atoms with Gasteiger partial charge in [-0.05, 0) is 37.5 Å². The van der Waals surface area contributed by atoms with Crippen molar-refractivity contribution in [2.24, 2.45) is 11.8 Å². The van der Waals surface area contributed by atoms with Crippen LogP contribution in [0.2, 0.25) is 6.32 Å². The number of rotatable bonds is 6. The van der Waals surface area contributed by atoms with Crippen LogP contribution in [0, 0.1) is 11.8 Å². The molecule has 1 aliphatic rings. The van der Waals surface area contributed by atoms with Gasteiger partial charge >= 0.3 is 0 Å². The fraction of sp³-hybridized carbons (Fsp3) is 0.857. The summed E-state index contributed by atoms with van der Waals surface area (Å²) in [4.78, 5) is 0. The Kier molecular flexibility index (Phi) is 6.88. The summed E-state index contributed by atoms with van der Waals surface area (Å²) < 4.78 is 0. The molecule has 2 radical (unpaired) electrons. The monoisotopic (exact) mass is 204 g/mol. The average Bonchev–Trinajstić information content (AvgIpc) is 2.28. The van der Waals surface area contributed by atoms with Crippen molar-refractivity contribution in [3.05, 3.63) is 12.2 Å². The van der Waals surface area contributed by atoms with Gasteiger partial charge in [0.2, 0.25) is 0 Å². The van der Waals surface area contributed by atoms with E-state index in [1.54, 1.807) is 0 Å². The van der Waals surface area contributed by atoms with Gasteiger partial charge in [-0.2, -0.15) is 0 Å². The van der Waals surface area contributed by atoms with E-state index in [1.165, 1.54) is 51.4 Å². The molecule has 1 saturated carbocycles. The maximum atomic E-state index is 5.54. The van der Waals surface area contributed by atoms with E-state index in [2.05, 4.69) is 19.1 Å². The van der Waals surface area contributed by atoms with Crippen LogP contribution in [0.15, 0.2) is 12.2 Å². The van der Waals surface area contributed by atoms with Gasteiger partial charge in [0.1, 0.15) is 0 Å². The molecule has 1 aliphatic carbocycles. The first kappa shape index (κ1) is 12.9. The largest absolute Gasteiger partial charge is 0.0888 e. The van der Waals surface area contributed by atoms with Crippen molar-refractivity contribution in [2.45, 2.75) is 64.6 Å². The van der Waals surface area contributed by atoms with E-state index in [1.807, 2.05) is 0 Å². The smallest absolute Gasteiger partial charge is 0.0653 e. The Bertz CT molecular complexity index is 166.